The number of hydrogen-bond acceptors (Lipinski definition) is 1. The van der Waals surface area contributed by atoms with Crippen LogP contribution in [0.4, 0.5) is 0 Å². The molecule has 1 rings (SSSR count). The molecule has 1 atom stereocenters. The van der Waals surface area contributed by atoms with Crippen molar-refractivity contribution in [2.24, 2.45) is 0 Å². The van der Waals surface area contributed by atoms with Gasteiger partial charge in [0.15, 0.2) is 0 Å². The molecule has 0 amide bonds. The van der Waals surface area contributed by atoms with Crippen LogP contribution in [0.15, 0.2) is 12.8 Å². The third-order valence-electron chi connectivity index (χ3n) is 1.84. The lowest BCUT2D eigenvalue weighted by molar-refractivity contribution is 0.373. The maximum atomic E-state index is 3.72. The van der Waals surface area contributed by atoms with E-state index in [2.05, 4.69) is 18.4 Å². The van der Waals surface area contributed by atoms with Gasteiger partial charge in [-0.1, -0.05) is 20.4 Å². The molecule has 0 saturated carbocycles. The third-order valence-corrected chi connectivity index (χ3v) is 1.84. The summed E-state index contributed by atoms with van der Waals surface area (Å²) in [5.41, 5.74) is 0. The Labute approximate surface area is 64.7 Å². The van der Waals surface area contributed by atoms with Crippen LogP contribution in [0.1, 0.15) is 33.6 Å². The van der Waals surface area contributed by atoms with Crippen molar-refractivity contribution in [1.29, 1.82) is 0 Å². The molecule has 0 spiro atoms. The van der Waals surface area contributed by atoms with Crippen LogP contribution in [0, 0.1) is 0 Å². The molecule has 0 aromatic rings. The van der Waals surface area contributed by atoms with E-state index in [0.717, 1.165) is 6.04 Å². The van der Waals surface area contributed by atoms with E-state index in [4.69, 9.17) is 0 Å². The van der Waals surface area contributed by atoms with Gasteiger partial charge in [0, 0.05) is 12.6 Å². The Morgan fingerprint density at radius 3 is 2.30 bits per heavy atom. The molecule has 1 aliphatic rings. The van der Waals surface area contributed by atoms with Crippen molar-refractivity contribution in [2.45, 2.75) is 39.7 Å². The van der Waals surface area contributed by atoms with Crippen molar-refractivity contribution in [2.75, 3.05) is 6.54 Å². The van der Waals surface area contributed by atoms with Gasteiger partial charge < -0.3 is 4.90 Å². The monoisotopic (exact) mass is 141 g/mol. The molecular formula is C9H19N. The SMILES string of the molecule is C=CN1CCCC1C.CC. The van der Waals surface area contributed by atoms with Gasteiger partial charge in [0.25, 0.3) is 0 Å². The fourth-order valence-corrected chi connectivity index (χ4v) is 1.23. The van der Waals surface area contributed by atoms with Crippen molar-refractivity contribution >= 4 is 0 Å². The van der Waals surface area contributed by atoms with Crippen molar-refractivity contribution in [1.82, 2.24) is 4.90 Å². The molecule has 1 heterocycles. The normalized spacial score (nSPS) is 23.5. The second kappa shape index (κ2) is 5.33. The maximum Gasteiger partial charge on any atom is 0.0256 e. The molecule has 1 aliphatic heterocycles. The quantitative estimate of drug-likeness (QED) is 0.542. The van der Waals surface area contributed by atoms with E-state index in [1.165, 1.54) is 19.4 Å². The smallest absolute Gasteiger partial charge is 0.0256 e. The second-order valence-electron chi connectivity index (χ2n) is 2.41. The summed E-state index contributed by atoms with van der Waals surface area (Å²) in [6, 6.07) is 0.743. The van der Waals surface area contributed by atoms with Gasteiger partial charge in [-0.15, -0.1) is 0 Å². The molecule has 1 nitrogen and oxygen atoms in total. The molecule has 0 aliphatic carbocycles. The minimum atomic E-state index is 0.743. The van der Waals surface area contributed by atoms with Crippen LogP contribution in [0.2, 0.25) is 0 Å². The molecule has 0 aromatic carbocycles. The first kappa shape index (κ1) is 9.54. The van der Waals surface area contributed by atoms with Gasteiger partial charge in [0.2, 0.25) is 0 Å². The molecule has 1 heteroatoms. The molecular weight excluding hydrogens is 122 g/mol. The molecule has 0 bridgehead atoms. The Kier molecular flexibility index (Phi) is 5.09. The van der Waals surface area contributed by atoms with Gasteiger partial charge in [0.1, 0.15) is 0 Å². The fourth-order valence-electron chi connectivity index (χ4n) is 1.23. The first-order chi connectivity index (χ1) is 4.84. The van der Waals surface area contributed by atoms with Crippen molar-refractivity contribution in [3.63, 3.8) is 0 Å². The third kappa shape index (κ3) is 2.42. The predicted molar refractivity (Wildman–Crippen MR) is 46.9 cm³/mol. The van der Waals surface area contributed by atoms with E-state index in [9.17, 15) is 0 Å². The van der Waals surface area contributed by atoms with Crippen LogP contribution in [0.3, 0.4) is 0 Å². The van der Waals surface area contributed by atoms with Gasteiger partial charge >= 0.3 is 0 Å². The highest BCUT2D eigenvalue weighted by Gasteiger charge is 2.14. The molecule has 0 radical (unpaired) electrons. The van der Waals surface area contributed by atoms with Crippen molar-refractivity contribution in [3.8, 4) is 0 Å². The predicted octanol–water partition coefficient (Wildman–Crippen LogP) is 2.64. The largest absolute Gasteiger partial charge is 0.375 e. The number of hydrogen-bond donors (Lipinski definition) is 0. The standard InChI is InChI=1S/C7H13N.C2H6/c1-3-8-6-4-5-7(8)2;1-2/h3,7H,1,4-6H2,2H3;1-2H3. The van der Waals surface area contributed by atoms with Gasteiger partial charge in [-0.25, -0.2) is 0 Å². The summed E-state index contributed by atoms with van der Waals surface area (Å²) in [5, 5.41) is 0. The minimum Gasteiger partial charge on any atom is -0.375 e. The van der Waals surface area contributed by atoms with Crippen LogP contribution in [-0.2, 0) is 0 Å². The van der Waals surface area contributed by atoms with Gasteiger partial charge in [-0.2, -0.15) is 0 Å². The zero-order valence-electron chi connectivity index (χ0n) is 7.43. The number of nitrogens with zero attached hydrogens (tertiary/aromatic N) is 1. The van der Waals surface area contributed by atoms with E-state index in [1.807, 2.05) is 20.0 Å². The van der Waals surface area contributed by atoms with E-state index in [0.29, 0.717) is 0 Å². The molecule has 0 N–H and O–H groups in total. The first-order valence-electron chi connectivity index (χ1n) is 4.23. The van der Waals surface area contributed by atoms with Gasteiger partial charge in [0.05, 0.1) is 0 Å². The summed E-state index contributed by atoms with van der Waals surface area (Å²) in [7, 11) is 0. The first-order valence-corrected chi connectivity index (χ1v) is 4.23. The second-order valence-corrected chi connectivity index (χ2v) is 2.41. The zero-order valence-corrected chi connectivity index (χ0v) is 7.43. The lowest BCUT2D eigenvalue weighted by Gasteiger charge is -2.16. The maximum absolute atomic E-state index is 3.72. The lowest BCUT2D eigenvalue weighted by Crippen LogP contribution is -2.19. The van der Waals surface area contributed by atoms with Crippen LogP contribution >= 0.6 is 0 Å². The van der Waals surface area contributed by atoms with E-state index in [1.54, 1.807) is 0 Å². The Bertz CT molecular complexity index is 88.7. The van der Waals surface area contributed by atoms with Gasteiger partial charge in [-0.05, 0) is 26.0 Å². The van der Waals surface area contributed by atoms with Crippen molar-refractivity contribution < 1.29 is 0 Å². The summed E-state index contributed by atoms with van der Waals surface area (Å²) < 4.78 is 0. The summed E-state index contributed by atoms with van der Waals surface area (Å²) in [6.07, 6.45) is 4.62. The number of likely N-dealkylation sites (tertiary alicyclic amines) is 1. The Hall–Kier alpha value is -0.460. The molecule has 1 fully saturated rings. The molecule has 1 saturated heterocycles. The number of rotatable bonds is 1. The summed E-state index contributed by atoms with van der Waals surface area (Å²) >= 11 is 0. The van der Waals surface area contributed by atoms with E-state index in [-0.39, 0.29) is 0 Å². The highest BCUT2D eigenvalue weighted by molar-refractivity contribution is 4.82. The van der Waals surface area contributed by atoms with E-state index >= 15 is 0 Å². The van der Waals surface area contributed by atoms with Crippen LogP contribution in [0.5, 0.6) is 0 Å². The highest BCUT2D eigenvalue weighted by atomic mass is 15.1. The highest BCUT2D eigenvalue weighted by Crippen LogP contribution is 2.15. The molecule has 1 unspecified atom stereocenters. The average Bonchev–Trinajstić information content (AvgIpc) is 2.39. The average molecular weight is 141 g/mol. The molecule has 10 heavy (non-hydrogen) atoms. The molecule has 60 valence electrons. The van der Waals surface area contributed by atoms with Crippen LogP contribution in [-0.4, -0.2) is 17.5 Å². The van der Waals surface area contributed by atoms with Crippen LogP contribution in [0.25, 0.3) is 0 Å². The molecule has 0 aromatic heterocycles. The summed E-state index contributed by atoms with van der Waals surface area (Å²) in [6.45, 7) is 11.2. The Balaban J connectivity index is 0.000000371. The lowest BCUT2D eigenvalue weighted by atomic mass is 10.2. The Morgan fingerprint density at radius 1 is 1.50 bits per heavy atom. The Morgan fingerprint density at radius 2 is 2.10 bits per heavy atom. The van der Waals surface area contributed by atoms with E-state index < -0.39 is 0 Å². The summed E-state index contributed by atoms with van der Waals surface area (Å²) in [5.74, 6) is 0. The van der Waals surface area contributed by atoms with Crippen LogP contribution < -0.4 is 0 Å². The summed E-state index contributed by atoms with van der Waals surface area (Å²) in [4.78, 5) is 2.29. The topological polar surface area (TPSA) is 3.24 Å². The van der Waals surface area contributed by atoms with Crippen molar-refractivity contribution in [3.05, 3.63) is 12.8 Å². The minimum absolute atomic E-state index is 0.743. The fraction of sp³-hybridized carbons (Fsp3) is 0.778. The van der Waals surface area contributed by atoms with Gasteiger partial charge in [-0.3, -0.25) is 0 Å². The zero-order chi connectivity index (χ0) is 7.98.